The second-order valence-corrected chi connectivity index (χ2v) is 8.09. The molecule has 7 aromatic rings. The number of aromatic nitrogens is 2. The molecule has 0 unspecified atom stereocenters. The Kier molecular flexibility index (Phi) is 2.85. The van der Waals surface area contributed by atoms with Gasteiger partial charge in [0, 0.05) is 44.5 Å². The van der Waals surface area contributed by atoms with Crippen LogP contribution in [-0.4, -0.2) is 0 Å². The van der Waals surface area contributed by atoms with Gasteiger partial charge in [-0.3, -0.25) is 0 Å². The molecule has 4 nitrogen and oxygen atoms in total. The highest BCUT2D eigenvalue weighted by molar-refractivity contribution is 6.39. The van der Waals surface area contributed by atoms with Crippen LogP contribution < -0.4 is 9.13 Å². The van der Waals surface area contributed by atoms with E-state index in [-0.39, 0.29) is 0 Å². The Morgan fingerprint density at radius 1 is 0.500 bits per heavy atom. The lowest BCUT2D eigenvalue weighted by Gasteiger charge is -2.16. The van der Waals surface area contributed by atoms with Crippen molar-refractivity contribution in [2.75, 3.05) is 0 Å². The Balaban J connectivity index is 1.97. The first-order valence-electron chi connectivity index (χ1n) is 10.1. The van der Waals surface area contributed by atoms with Crippen LogP contribution in [0.5, 0.6) is 0 Å². The van der Waals surface area contributed by atoms with Crippen molar-refractivity contribution in [3.05, 3.63) is 73.3 Å². The van der Waals surface area contributed by atoms with Crippen LogP contribution in [-0.2, 0) is 14.1 Å². The van der Waals surface area contributed by atoms with E-state index in [1.807, 2.05) is 35.6 Å². The van der Waals surface area contributed by atoms with E-state index in [2.05, 4.69) is 60.9 Å². The number of fused-ring (bicyclic) bond motifs is 6. The molecular formula is C26H18N2O2+2. The molecule has 0 saturated carbocycles. The number of nitrogens with zero attached hydrogens (tertiary/aromatic N) is 2. The summed E-state index contributed by atoms with van der Waals surface area (Å²) in [7, 11) is 4.04. The molecule has 0 N–H and O–H groups in total. The zero-order chi connectivity index (χ0) is 20.0. The van der Waals surface area contributed by atoms with Gasteiger partial charge in [-0.05, 0) is 22.9 Å². The number of hydrogen-bond acceptors (Lipinski definition) is 2. The van der Waals surface area contributed by atoms with E-state index in [4.69, 9.17) is 8.83 Å². The summed E-state index contributed by atoms with van der Waals surface area (Å²) >= 11 is 0. The SMILES string of the molecule is C[n+]1ccc2c(c1)oc1cccc3c4cccc5oc6c[n+](C)ccc6c(c54)c2c13. The molecule has 0 aliphatic heterocycles. The predicted molar refractivity (Wildman–Crippen MR) is 118 cm³/mol. The fourth-order valence-electron chi connectivity index (χ4n) is 4.94. The highest BCUT2D eigenvalue weighted by Crippen LogP contribution is 2.45. The van der Waals surface area contributed by atoms with E-state index in [1.165, 1.54) is 32.3 Å². The molecular weight excluding hydrogens is 372 g/mol. The Morgan fingerprint density at radius 2 is 0.967 bits per heavy atom. The molecule has 142 valence electrons. The van der Waals surface area contributed by atoms with E-state index < -0.39 is 0 Å². The van der Waals surface area contributed by atoms with Crippen molar-refractivity contribution in [3.8, 4) is 0 Å². The maximum atomic E-state index is 6.38. The number of benzene rings is 3. The third-order valence-electron chi connectivity index (χ3n) is 6.20. The third kappa shape index (κ3) is 1.90. The van der Waals surface area contributed by atoms with Gasteiger partial charge in [-0.15, -0.1) is 0 Å². The third-order valence-corrected chi connectivity index (χ3v) is 6.20. The topological polar surface area (TPSA) is 34.0 Å². The van der Waals surface area contributed by atoms with Crippen molar-refractivity contribution in [3.63, 3.8) is 0 Å². The first-order valence-corrected chi connectivity index (χ1v) is 10.1. The zero-order valence-electron chi connectivity index (χ0n) is 16.6. The van der Waals surface area contributed by atoms with Crippen molar-refractivity contribution in [2.24, 2.45) is 14.1 Å². The Labute approximate surface area is 171 Å². The minimum absolute atomic E-state index is 0.877. The number of pyridine rings is 2. The lowest BCUT2D eigenvalue weighted by molar-refractivity contribution is -0.670. The molecule has 4 aromatic heterocycles. The molecule has 4 heterocycles. The van der Waals surface area contributed by atoms with Gasteiger partial charge in [-0.2, -0.15) is 0 Å². The van der Waals surface area contributed by atoms with Gasteiger partial charge in [0.25, 0.3) is 0 Å². The maximum Gasteiger partial charge on any atom is 0.212 e. The van der Waals surface area contributed by atoms with Crippen LogP contribution in [0.15, 0.2) is 82.2 Å². The van der Waals surface area contributed by atoms with E-state index in [0.29, 0.717) is 0 Å². The quantitative estimate of drug-likeness (QED) is 0.196. The highest BCUT2D eigenvalue weighted by atomic mass is 16.3. The van der Waals surface area contributed by atoms with Crippen molar-refractivity contribution < 1.29 is 18.0 Å². The van der Waals surface area contributed by atoms with Crippen molar-refractivity contribution >= 4 is 65.4 Å². The zero-order valence-corrected chi connectivity index (χ0v) is 16.6. The summed E-state index contributed by atoms with van der Waals surface area (Å²) < 4.78 is 16.8. The van der Waals surface area contributed by atoms with Crippen LogP contribution in [0.3, 0.4) is 0 Å². The summed E-state index contributed by atoms with van der Waals surface area (Å²) in [4.78, 5) is 0. The molecule has 0 amide bonds. The molecule has 0 aliphatic rings. The van der Waals surface area contributed by atoms with Gasteiger partial charge in [-0.25, -0.2) is 9.13 Å². The van der Waals surface area contributed by atoms with Crippen LogP contribution in [0.2, 0.25) is 0 Å². The molecule has 30 heavy (non-hydrogen) atoms. The molecule has 0 fully saturated rings. The van der Waals surface area contributed by atoms with E-state index in [1.54, 1.807) is 0 Å². The average Bonchev–Trinajstić information content (AvgIpc) is 2.75. The van der Waals surface area contributed by atoms with Crippen molar-refractivity contribution in [1.82, 2.24) is 0 Å². The summed E-state index contributed by atoms with van der Waals surface area (Å²) in [5.41, 5.74) is 3.56. The average molecular weight is 390 g/mol. The second-order valence-electron chi connectivity index (χ2n) is 8.09. The largest absolute Gasteiger partial charge is 0.450 e. The minimum atomic E-state index is 0.877. The lowest BCUT2D eigenvalue weighted by atomic mass is 9.90. The number of rotatable bonds is 0. The summed E-state index contributed by atoms with van der Waals surface area (Å²) in [6.07, 6.45) is 8.25. The monoisotopic (exact) mass is 390 g/mol. The summed E-state index contributed by atoms with van der Waals surface area (Å²) in [5.74, 6) is 0. The van der Waals surface area contributed by atoms with Gasteiger partial charge in [0.2, 0.25) is 12.4 Å². The fraction of sp³-hybridized carbons (Fsp3) is 0.0769. The van der Waals surface area contributed by atoms with Crippen LogP contribution in [0.4, 0.5) is 0 Å². The van der Waals surface area contributed by atoms with Gasteiger partial charge >= 0.3 is 0 Å². The maximum absolute atomic E-state index is 6.38. The molecule has 0 aliphatic carbocycles. The normalized spacial score (nSPS) is 12.3. The van der Waals surface area contributed by atoms with Gasteiger partial charge in [0.1, 0.15) is 25.3 Å². The number of aryl methyl sites for hydroxylation is 2. The van der Waals surface area contributed by atoms with E-state index in [9.17, 15) is 0 Å². The molecule has 3 aromatic carbocycles. The fourth-order valence-corrected chi connectivity index (χ4v) is 4.94. The number of hydrogen-bond donors (Lipinski definition) is 0. The van der Waals surface area contributed by atoms with Gasteiger partial charge in [0.05, 0.1) is 0 Å². The lowest BCUT2D eigenvalue weighted by Crippen LogP contribution is -2.26. The first kappa shape index (κ1) is 15.9. The standard InChI is InChI=1S/C26H18N2O2/c1-27-11-9-17-21(13-27)29-19-7-3-5-15-16-6-4-8-20-24(16)26(25(17)23(15)19)18-10-12-28(2)14-22(18)30-20/h3-14H,1-2H3/q+2. The molecule has 7 rings (SSSR count). The molecule has 0 saturated heterocycles. The summed E-state index contributed by atoms with van der Waals surface area (Å²) in [6, 6.07) is 17.0. The molecule has 4 heteroatoms. The van der Waals surface area contributed by atoms with Gasteiger partial charge in [-0.1, -0.05) is 24.3 Å². The van der Waals surface area contributed by atoms with Crippen molar-refractivity contribution in [2.45, 2.75) is 0 Å². The Hall–Kier alpha value is -3.92. The van der Waals surface area contributed by atoms with E-state index >= 15 is 0 Å². The Bertz CT molecular complexity index is 1690. The van der Waals surface area contributed by atoms with Crippen LogP contribution in [0.25, 0.3) is 65.4 Å². The second kappa shape index (κ2) is 5.36. The molecule has 0 atom stereocenters. The van der Waals surface area contributed by atoms with E-state index in [0.717, 1.165) is 33.1 Å². The van der Waals surface area contributed by atoms with Crippen LogP contribution >= 0.6 is 0 Å². The van der Waals surface area contributed by atoms with Gasteiger partial charge < -0.3 is 8.83 Å². The van der Waals surface area contributed by atoms with Gasteiger partial charge in [0.15, 0.2) is 23.6 Å². The van der Waals surface area contributed by atoms with Crippen LogP contribution in [0.1, 0.15) is 0 Å². The molecule has 0 bridgehead atoms. The summed E-state index contributed by atoms with van der Waals surface area (Å²) in [6.45, 7) is 0. The summed E-state index contributed by atoms with van der Waals surface area (Å²) in [5, 5.41) is 9.39. The molecule has 0 spiro atoms. The first-order chi connectivity index (χ1) is 14.7. The smallest absolute Gasteiger partial charge is 0.212 e. The molecule has 0 radical (unpaired) electrons. The highest BCUT2D eigenvalue weighted by Gasteiger charge is 2.21. The van der Waals surface area contributed by atoms with Crippen molar-refractivity contribution in [1.29, 1.82) is 0 Å². The minimum Gasteiger partial charge on any atom is -0.450 e. The Morgan fingerprint density at radius 3 is 1.43 bits per heavy atom. The van der Waals surface area contributed by atoms with Crippen LogP contribution in [0, 0.1) is 0 Å². The predicted octanol–water partition coefficient (Wildman–Crippen LogP) is 5.44.